The number of hydrogen-bond acceptors (Lipinski definition) is 6. The average Bonchev–Trinajstić information content (AvgIpc) is 2.15. The van der Waals surface area contributed by atoms with Gasteiger partial charge >= 0.3 is 11.9 Å². The van der Waals surface area contributed by atoms with Gasteiger partial charge in [0.05, 0.1) is 21.3 Å². The smallest absolute Gasteiger partial charge is 0.339 e. The predicted molar refractivity (Wildman–Crippen MR) is 42.6 cm³/mol. The fourth-order valence-electron chi connectivity index (χ4n) is 0.779. The Morgan fingerprint density at radius 1 is 1.08 bits per heavy atom. The molecule has 0 fully saturated rings. The van der Waals surface area contributed by atoms with Crippen molar-refractivity contribution in [2.45, 2.75) is 12.5 Å². The van der Waals surface area contributed by atoms with E-state index in [1.807, 2.05) is 0 Å². The van der Waals surface area contributed by atoms with Crippen LogP contribution >= 0.6 is 0 Å². The largest absolute Gasteiger partial charge is 0.467 e. The van der Waals surface area contributed by atoms with Crippen molar-refractivity contribution in [2.75, 3.05) is 21.3 Å². The van der Waals surface area contributed by atoms with Crippen LogP contribution in [0.1, 0.15) is 6.92 Å². The Bertz CT molecular complexity index is 187. The molecule has 0 aliphatic rings. The highest BCUT2D eigenvalue weighted by Crippen LogP contribution is 2.08. The molecular formula is C7H13NO5. The normalized spacial score (nSPS) is 10.8. The van der Waals surface area contributed by atoms with Crippen LogP contribution in [-0.4, -0.2) is 38.8 Å². The summed E-state index contributed by atoms with van der Waals surface area (Å²) in [4.78, 5) is 26.8. The van der Waals surface area contributed by atoms with Gasteiger partial charge in [-0.1, -0.05) is 0 Å². The molecule has 0 radical (unpaired) electrons. The maximum absolute atomic E-state index is 11.2. The van der Waals surface area contributed by atoms with Crippen LogP contribution in [0.15, 0.2) is 0 Å². The fraction of sp³-hybridized carbons (Fsp3) is 0.714. The van der Waals surface area contributed by atoms with Gasteiger partial charge < -0.3 is 14.3 Å². The van der Waals surface area contributed by atoms with Crippen molar-refractivity contribution in [2.24, 2.45) is 0 Å². The highest BCUT2D eigenvalue weighted by molar-refractivity contribution is 6.04. The Hall–Kier alpha value is -1.14. The third-order valence-corrected chi connectivity index (χ3v) is 1.49. The van der Waals surface area contributed by atoms with E-state index in [1.54, 1.807) is 0 Å². The molecule has 0 bridgehead atoms. The molecule has 0 aliphatic carbocycles. The van der Waals surface area contributed by atoms with Crippen LogP contribution in [0, 0.1) is 0 Å². The van der Waals surface area contributed by atoms with Crippen LogP contribution in [0.3, 0.4) is 0 Å². The van der Waals surface area contributed by atoms with Gasteiger partial charge in [0, 0.05) is 0 Å². The van der Waals surface area contributed by atoms with E-state index in [2.05, 4.69) is 19.8 Å². The maximum Gasteiger partial charge on any atom is 0.339 e. The van der Waals surface area contributed by atoms with Crippen LogP contribution in [0.4, 0.5) is 0 Å². The summed E-state index contributed by atoms with van der Waals surface area (Å²) in [7, 11) is 3.62. The fourth-order valence-corrected chi connectivity index (χ4v) is 0.779. The van der Waals surface area contributed by atoms with Crippen molar-refractivity contribution in [3.8, 4) is 0 Å². The van der Waals surface area contributed by atoms with Crippen LogP contribution in [0.5, 0.6) is 0 Å². The van der Waals surface area contributed by atoms with Crippen molar-refractivity contribution in [1.29, 1.82) is 0 Å². The monoisotopic (exact) mass is 191 g/mol. The molecule has 76 valence electrons. The van der Waals surface area contributed by atoms with Gasteiger partial charge in [-0.3, -0.25) is 0 Å². The second-order valence-electron chi connectivity index (χ2n) is 2.41. The van der Waals surface area contributed by atoms with Crippen LogP contribution in [0.2, 0.25) is 0 Å². The molecule has 0 rings (SSSR count). The van der Waals surface area contributed by atoms with Crippen LogP contribution in [-0.2, 0) is 23.9 Å². The number of hydrogen-bond donors (Lipinski definition) is 1. The molecule has 0 aliphatic heterocycles. The molecule has 1 N–H and O–H groups in total. The minimum absolute atomic E-state index is 0.777. The van der Waals surface area contributed by atoms with Crippen molar-refractivity contribution < 1.29 is 23.9 Å². The zero-order chi connectivity index (χ0) is 10.5. The molecule has 0 aromatic carbocycles. The minimum Gasteiger partial charge on any atom is -0.467 e. The number of esters is 2. The van der Waals surface area contributed by atoms with E-state index in [9.17, 15) is 9.59 Å². The first-order valence-electron chi connectivity index (χ1n) is 3.50. The molecule has 13 heavy (non-hydrogen) atoms. The molecule has 0 atom stereocenters. The van der Waals surface area contributed by atoms with Crippen molar-refractivity contribution in [3.63, 3.8) is 0 Å². The highest BCUT2D eigenvalue weighted by Gasteiger charge is 2.44. The predicted octanol–water partition coefficient (Wildman–Crippen LogP) is -0.758. The first-order valence-corrected chi connectivity index (χ1v) is 3.50. The van der Waals surface area contributed by atoms with Crippen molar-refractivity contribution >= 4 is 11.9 Å². The molecule has 6 nitrogen and oxygen atoms in total. The highest BCUT2D eigenvalue weighted by atomic mass is 16.6. The topological polar surface area (TPSA) is 73.9 Å². The Balaban J connectivity index is 4.71. The second-order valence-corrected chi connectivity index (χ2v) is 2.41. The number of ether oxygens (including phenoxy) is 2. The Kier molecular flexibility index (Phi) is 4.36. The van der Waals surface area contributed by atoms with Gasteiger partial charge in [-0.25, -0.2) is 9.59 Å². The second kappa shape index (κ2) is 4.78. The van der Waals surface area contributed by atoms with Gasteiger partial charge in [-0.2, -0.15) is 5.48 Å². The number of nitrogens with one attached hydrogen (secondary N) is 1. The summed E-state index contributed by atoms with van der Waals surface area (Å²) in [6, 6.07) is 0. The van der Waals surface area contributed by atoms with E-state index >= 15 is 0 Å². The standard InChI is InChI=1S/C7H13NO5/c1-7(8-13-4,5(9)11-2)6(10)12-3/h8H,1-4H3. The van der Waals surface area contributed by atoms with Gasteiger partial charge in [0.2, 0.25) is 5.54 Å². The molecule has 0 heterocycles. The number of carbonyl (C=O) groups is 2. The molecular weight excluding hydrogens is 178 g/mol. The van der Waals surface area contributed by atoms with Gasteiger partial charge in [0.25, 0.3) is 0 Å². The van der Waals surface area contributed by atoms with Crippen molar-refractivity contribution in [3.05, 3.63) is 0 Å². The summed E-state index contributed by atoms with van der Waals surface area (Å²) in [6.07, 6.45) is 0. The minimum atomic E-state index is -1.63. The molecule has 0 unspecified atom stereocenters. The molecule has 0 saturated heterocycles. The summed E-state index contributed by atoms with van der Waals surface area (Å²) in [5, 5.41) is 0. The summed E-state index contributed by atoms with van der Waals surface area (Å²) in [5.41, 5.74) is 0.585. The third-order valence-electron chi connectivity index (χ3n) is 1.49. The van der Waals surface area contributed by atoms with E-state index < -0.39 is 17.5 Å². The Labute approximate surface area is 76.1 Å². The Morgan fingerprint density at radius 3 is 1.69 bits per heavy atom. The van der Waals surface area contributed by atoms with E-state index in [4.69, 9.17) is 0 Å². The van der Waals surface area contributed by atoms with Crippen molar-refractivity contribution in [1.82, 2.24) is 5.48 Å². The Morgan fingerprint density at radius 2 is 1.46 bits per heavy atom. The van der Waals surface area contributed by atoms with E-state index in [0.29, 0.717) is 0 Å². The lowest BCUT2D eigenvalue weighted by molar-refractivity contribution is -0.170. The zero-order valence-corrected chi connectivity index (χ0v) is 8.04. The first kappa shape index (κ1) is 11.9. The summed E-state index contributed by atoms with van der Waals surface area (Å²) in [6.45, 7) is 1.30. The summed E-state index contributed by atoms with van der Waals surface area (Å²) >= 11 is 0. The molecule has 0 spiro atoms. The quantitative estimate of drug-likeness (QED) is 0.358. The number of hydroxylamine groups is 1. The molecule has 0 aromatic rings. The lowest BCUT2D eigenvalue weighted by Crippen LogP contribution is -2.56. The lowest BCUT2D eigenvalue weighted by Gasteiger charge is -2.23. The number of carbonyl (C=O) groups excluding carboxylic acids is 2. The molecule has 0 aromatic heterocycles. The van der Waals surface area contributed by atoms with Gasteiger partial charge in [-0.05, 0) is 6.92 Å². The number of rotatable bonds is 4. The molecule has 0 amide bonds. The van der Waals surface area contributed by atoms with Gasteiger partial charge in [-0.15, -0.1) is 0 Å². The number of methoxy groups -OCH3 is 2. The third kappa shape index (κ3) is 2.40. The zero-order valence-electron chi connectivity index (χ0n) is 8.04. The average molecular weight is 191 g/mol. The lowest BCUT2D eigenvalue weighted by atomic mass is 10.1. The van der Waals surface area contributed by atoms with Crippen LogP contribution in [0.25, 0.3) is 0 Å². The molecule has 0 saturated carbocycles. The van der Waals surface area contributed by atoms with Gasteiger partial charge in [0.15, 0.2) is 0 Å². The van der Waals surface area contributed by atoms with Crippen LogP contribution < -0.4 is 5.48 Å². The maximum atomic E-state index is 11.2. The van der Waals surface area contributed by atoms with E-state index in [1.165, 1.54) is 28.3 Å². The van der Waals surface area contributed by atoms with E-state index in [0.717, 1.165) is 0 Å². The summed E-state index contributed by atoms with van der Waals surface area (Å²) in [5.74, 6) is -1.55. The van der Waals surface area contributed by atoms with E-state index in [-0.39, 0.29) is 0 Å². The molecule has 6 heteroatoms. The SMILES string of the molecule is CONC(C)(C(=O)OC)C(=O)OC. The van der Waals surface area contributed by atoms with Gasteiger partial charge in [0.1, 0.15) is 0 Å². The summed E-state index contributed by atoms with van der Waals surface area (Å²) < 4.78 is 8.82. The first-order chi connectivity index (χ1) is 6.02.